The monoisotopic (exact) mass is 371 g/mol. The zero-order chi connectivity index (χ0) is 17.3. The minimum absolute atomic E-state index is 0.0321. The zero-order valence-corrected chi connectivity index (χ0v) is 14.9. The Morgan fingerprint density at radius 3 is 2.88 bits per heavy atom. The molecule has 0 aliphatic carbocycles. The first-order valence-corrected chi connectivity index (χ1v) is 10.1. The maximum atomic E-state index is 12.2. The number of carbonyl (C=O) groups is 1. The summed E-state index contributed by atoms with van der Waals surface area (Å²) in [5.74, 6) is 1.13. The van der Waals surface area contributed by atoms with Crippen LogP contribution in [0.3, 0.4) is 0 Å². The summed E-state index contributed by atoms with van der Waals surface area (Å²) < 4.78 is 33.7. The van der Waals surface area contributed by atoms with E-state index in [4.69, 9.17) is 8.83 Å². The molecule has 2 aromatic rings. The molecular weight excluding hydrogens is 354 g/mol. The van der Waals surface area contributed by atoms with Gasteiger partial charge in [0.05, 0.1) is 29.1 Å². The van der Waals surface area contributed by atoms with E-state index in [0.717, 1.165) is 11.8 Å². The standard InChI is InChI=1S/C14H17N3O5S2/c1-9-11(3-5-21-9)13-15-16-14(22-13)23-7-12(18)17(2)10-4-6-24(19,20)8-10/h3,5,10H,4,6-8H2,1-2H3/t10-/m0/s1. The molecule has 0 radical (unpaired) electrons. The van der Waals surface area contributed by atoms with Gasteiger partial charge in [-0.05, 0) is 19.4 Å². The number of furan rings is 1. The maximum absolute atomic E-state index is 12.2. The second-order valence-corrected chi connectivity index (χ2v) is 8.77. The van der Waals surface area contributed by atoms with Crippen LogP contribution in [0.15, 0.2) is 26.4 Å². The summed E-state index contributed by atoms with van der Waals surface area (Å²) in [5.41, 5.74) is 0.717. The molecule has 0 bridgehead atoms. The molecule has 0 N–H and O–H groups in total. The molecule has 1 aliphatic rings. The molecule has 0 saturated carbocycles. The molecule has 3 rings (SSSR count). The highest BCUT2D eigenvalue weighted by Gasteiger charge is 2.32. The van der Waals surface area contributed by atoms with Gasteiger partial charge in [0, 0.05) is 13.1 Å². The fourth-order valence-electron chi connectivity index (χ4n) is 2.49. The Balaban J connectivity index is 1.57. The SMILES string of the molecule is Cc1occc1-c1nnc(SCC(=O)N(C)[C@H]2CCS(=O)(=O)C2)o1. The zero-order valence-electron chi connectivity index (χ0n) is 13.3. The van der Waals surface area contributed by atoms with E-state index in [9.17, 15) is 13.2 Å². The Kier molecular flexibility index (Phi) is 4.68. The highest BCUT2D eigenvalue weighted by Crippen LogP contribution is 2.26. The van der Waals surface area contributed by atoms with Crippen LogP contribution in [0.2, 0.25) is 0 Å². The number of rotatable bonds is 5. The van der Waals surface area contributed by atoms with Crippen LogP contribution in [0, 0.1) is 6.92 Å². The van der Waals surface area contributed by atoms with Crippen molar-refractivity contribution in [1.82, 2.24) is 15.1 Å². The second-order valence-electron chi connectivity index (χ2n) is 5.61. The molecule has 0 spiro atoms. The van der Waals surface area contributed by atoms with E-state index in [1.165, 1.54) is 11.2 Å². The first-order valence-electron chi connectivity index (χ1n) is 7.32. The molecule has 1 saturated heterocycles. The summed E-state index contributed by atoms with van der Waals surface area (Å²) in [4.78, 5) is 13.7. The summed E-state index contributed by atoms with van der Waals surface area (Å²) in [6, 6.07) is 1.48. The van der Waals surface area contributed by atoms with E-state index in [1.807, 2.05) is 0 Å². The average molecular weight is 371 g/mol. The van der Waals surface area contributed by atoms with Crippen molar-refractivity contribution in [2.75, 3.05) is 24.3 Å². The molecule has 10 heteroatoms. The van der Waals surface area contributed by atoms with Crippen LogP contribution in [0.4, 0.5) is 0 Å². The summed E-state index contributed by atoms with van der Waals surface area (Å²) in [5, 5.41) is 8.12. The first kappa shape index (κ1) is 17.0. The fraction of sp³-hybridized carbons (Fsp3) is 0.500. The van der Waals surface area contributed by atoms with Gasteiger partial charge in [0.1, 0.15) is 5.76 Å². The number of thioether (sulfide) groups is 1. The van der Waals surface area contributed by atoms with Gasteiger partial charge >= 0.3 is 0 Å². The number of aryl methyl sites for hydroxylation is 1. The van der Waals surface area contributed by atoms with E-state index in [1.54, 1.807) is 20.0 Å². The normalized spacial score (nSPS) is 19.5. The molecular formula is C14H17N3O5S2. The van der Waals surface area contributed by atoms with Gasteiger partial charge in [-0.15, -0.1) is 10.2 Å². The maximum Gasteiger partial charge on any atom is 0.277 e. The molecule has 0 unspecified atom stereocenters. The first-order chi connectivity index (χ1) is 11.4. The molecule has 3 heterocycles. The minimum Gasteiger partial charge on any atom is -0.469 e. The number of hydrogen-bond donors (Lipinski definition) is 0. The van der Waals surface area contributed by atoms with Crippen LogP contribution < -0.4 is 0 Å². The molecule has 0 aromatic carbocycles. The number of hydrogen-bond acceptors (Lipinski definition) is 8. The summed E-state index contributed by atoms with van der Waals surface area (Å²) in [6.45, 7) is 1.79. The van der Waals surface area contributed by atoms with Crippen LogP contribution in [0.5, 0.6) is 0 Å². The molecule has 2 aromatic heterocycles. The van der Waals surface area contributed by atoms with Gasteiger partial charge in [0.25, 0.3) is 11.1 Å². The van der Waals surface area contributed by atoms with Gasteiger partial charge < -0.3 is 13.7 Å². The van der Waals surface area contributed by atoms with Gasteiger partial charge in [-0.1, -0.05) is 11.8 Å². The smallest absolute Gasteiger partial charge is 0.277 e. The van der Waals surface area contributed by atoms with Crippen LogP contribution in [-0.4, -0.2) is 59.8 Å². The molecule has 1 atom stereocenters. The quantitative estimate of drug-likeness (QED) is 0.726. The van der Waals surface area contributed by atoms with E-state index in [-0.39, 0.29) is 34.4 Å². The Morgan fingerprint density at radius 1 is 1.46 bits per heavy atom. The second kappa shape index (κ2) is 6.60. The van der Waals surface area contributed by atoms with E-state index < -0.39 is 9.84 Å². The highest BCUT2D eigenvalue weighted by molar-refractivity contribution is 7.99. The fourth-order valence-corrected chi connectivity index (χ4v) is 4.95. The molecule has 1 fully saturated rings. The van der Waals surface area contributed by atoms with Crippen molar-refractivity contribution in [2.45, 2.75) is 24.6 Å². The predicted molar refractivity (Wildman–Crippen MR) is 87.3 cm³/mol. The van der Waals surface area contributed by atoms with Crippen molar-refractivity contribution < 1.29 is 22.0 Å². The number of carbonyl (C=O) groups excluding carboxylic acids is 1. The number of amides is 1. The molecule has 24 heavy (non-hydrogen) atoms. The van der Waals surface area contributed by atoms with Crippen LogP contribution >= 0.6 is 11.8 Å². The van der Waals surface area contributed by atoms with Gasteiger partial charge in [-0.25, -0.2) is 8.42 Å². The average Bonchev–Trinajstić information content (AvgIpc) is 3.23. The summed E-state index contributed by atoms with van der Waals surface area (Å²) in [7, 11) is -1.39. The van der Waals surface area contributed by atoms with Crippen molar-refractivity contribution in [3.63, 3.8) is 0 Å². The lowest BCUT2D eigenvalue weighted by Gasteiger charge is -2.22. The Labute approximate surface area is 143 Å². The lowest BCUT2D eigenvalue weighted by Crippen LogP contribution is -2.38. The summed E-state index contributed by atoms with van der Waals surface area (Å²) >= 11 is 1.13. The molecule has 130 valence electrons. The number of nitrogens with zero attached hydrogens (tertiary/aromatic N) is 3. The lowest BCUT2D eigenvalue weighted by atomic mass is 10.2. The third-order valence-corrected chi connectivity index (χ3v) is 6.52. The Bertz CT molecular complexity index is 842. The van der Waals surface area contributed by atoms with Crippen molar-refractivity contribution in [3.8, 4) is 11.5 Å². The largest absolute Gasteiger partial charge is 0.469 e. The Hall–Kier alpha value is -1.81. The van der Waals surface area contributed by atoms with Crippen LogP contribution in [0.1, 0.15) is 12.2 Å². The summed E-state index contributed by atoms with van der Waals surface area (Å²) in [6.07, 6.45) is 2.02. The third-order valence-electron chi connectivity index (χ3n) is 3.96. The van der Waals surface area contributed by atoms with Gasteiger partial charge in [0.2, 0.25) is 5.91 Å². The van der Waals surface area contributed by atoms with E-state index in [0.29, 0.717) is 23.6 Å². The van der Waals surface area contributed by atoms with Crippen molar-refractivity contribution in [1.29, 1.82) is 0 Å². The van der Waals surface area contributed by atoms with Crippen molar-refractivity contribution in [3.05, 3.63) is 18.1 Å². The Morgan fingerprint density at radius 2 is 2.25 bits per heavy atom. The van der Waals surface area contributed by atoms with Gasteiger partial charge in [0.15, 0.2) is 9.84 Å². The molecule has 8 nitrogen and oxygen atoms in total. The topological polar surface area (TPSA) is 107 Å². The van der Waals surface area contributed by atoms with Crippen LogP contribution in [-0.2, 0) is 14.6 Å². The highest BCUT2D eigenvalue weighted by atomic mass is 32.2. The van der Waals surface area contributed by atoms with Gasteiger partial charge in [-0.2, -0.15) is 0 Å². The minimum atomic E-state index is -3.02. The van der Waals surface area contributed by atoms with Crippen LogP contribution in [0.25, 0.3) is 11.5 Å². The number of aromatic nitrogens is 2. The van der Waals surface area contributed by atoms with Gasteiger partial charge in [-0.3, -0.25) is 4.79 Å². The lowest BCUT2D eigenvalue weighted by molar-refractivity contribution is -0.128. The third kappa shape index (κ3) is 3.64. The molecule has 1 aliphatic heterocycles. The molecule has 1 amide bonds. The van der Waals surface area contributed by atoms with E-state index >= 15 is 0 Å². The van der Waals surface area contributed by atoms with Crippen molar-refractivity contribution >= 4 is 27.5 Å². The van der Waals surface area contributed by atoms with Crippen molar-refractivity contribution in [2.24, 2.45) is 0 Å². The predicted octanol–water partition coefficient (Wildman–Crippen LogP) is 1.38. The van der Waals surface area contributed by atoms with E-state index in [2.05, 4.69) is 10.2 Å². The number of sulfone groups is 1.